The Bertz CT molecular complexity index is 767. The van der Waals surface area contributed by atoms with Gasteiger partial charge in [0.05, 0.1) is 25.6 Å². The number of nitrogens with one attached hydrogen (secondary N) is 1. The van der Waals surface area contributed by atoms with E-state index in [-0.39, 0.29) is 30.0 Å². The summed E-state index contributed by atoms with van der Waals surface area (Å²) in [6.45, 7) is 0.265. The van der Waals surface area contributed by atoms with E-state index in [9.17, 15) is 9.18 Å². The quantitative estimate of drug-likeness (QED) is 0.899. The first-order chi connectivity index (χ1) is 11.7. The van der Waals surface area contributed by atoms with Crippen LogP contribution >= 0.6 is 0 Å². The lowest BCUT2D eigenvalue weighted by atomic mass is 10.0. The molecule has 1 amide bonds. The SMILES string of the molecule is COc1ccc(C2=NO[C@H](CNC(=O)c3cnccn3)C2)cc1F. The maximum absolute atomic E-state index is 13.8. The standard InChI is InChI=1S/C16H15FN4O3/c1-23-15-3-2-10(6-12(15)17)13-7-11(24-21-13)8-20-16(22)14-9-18-4-5-19-14/h2-6,9,11H,7-8H2,1H3,(H,20,22)/t11-/m0/s1. The van der Waals surface area contributed by atoms with Crippen LogP contribution in [0.25, 0.3) is 0 Å². The summed E-state index contributed by atoms with van der Waals surface area (Å²) >= 11 is 0. The zero-order chi connectivity index (χ0) is 16.9. The van der Waals surface area contributed by atoms with E-state index >= 15 is 0 Å². The van der Waals surface area contributed by atoms with Gasteiger partial charge in [0, 0.05) is 24.4 Å². The predicted octanol–water partition coefficient (Wildman–Crippen LogP) is 1.55. The van der Waals surface area contributed by atoms with Crippen LogP contribution in [0.1, 0.15) is 22.5 Å². The minimum Gasteiger partial charge on any atom is -0.494 e. The van der Waals surface area contributed by atoms with Crippen LogP contribution in [0.5, 0.6) is 5.75 Å². The largest absolute Gasteiger partial charge is 0.494 e. The number of ether oxygens (including phenoxy) is 1. The van der Waals surface area contributed by atoms with E-state index in [1.54, 1.807) is 6.07 Å². The summed E-state index contributed by atoms with van der Waals surface area (Å²) in [6, 6.07) is 4.60. The van der Waals surface area contributed by atoms with Gasteiger partial charge in [0.15, 0.2) is 11.6 Å². The monoisotopic (exact) mass is 330 g/mol. The van der Waals surface area contributed by atoms with E-state index in [0.29, 0.717) is 17.7 Å². The average molecular weight is 330 g/mol. The van der Waals surface area contributed by atoms with Crippen molar-refractivity contribution >= 4 is 11.6 Å². The number of aromatic nitrogens is 2. The number of nitrogens with zero attached hydrogens (tertiary/aromatic N) is 3. The Labute approximate surface area is 137 Å². The van der Waals surface area contributed by atoms with Crippen LogP contribution in [0.3, 0.4) is 0 Å². The molecule has 1 aliphatic rings. The fourth-order valence-corrected chi connectivity index (χ4v) is 2.27. The zero-order valence-electron chi connectivity index (χ0n) is 12.9. The molecule has 7 nitrogen and oxygen atoms in total. The minimum atomic E-state index is -0.461. The zero-order valence-corrected chi connectivity index (χ0v) is 12.9. The van der Waals surface area contributed by atoms with Crippen LogP contribution < -0.4 is 10.1 Å². The highest BCUT2D eigenvalue weighted by atomic mass is 19.1. The Morgan fingerprint density at radius 3 is 3.04 bits per heavy atom. The molecule has 0 radical (unpaired) electrons. The highest BCUT2D eigenvalue weighted by Crippen LogP contribution is 2.22. The van der Waals surface area contributed by atoms with E-state index in [1.165, 1.54) is 37.8 Å². The molecular formula is C16H15FN4O3. The number of benzene rings is 1. The van der Waals surface area contributed by atoms with Crippen molar-refractivity contribution in [1.29, 1.82) is 0 Å². The number of carbonyl (C=O) groups excluding carboxylic acids is 1. The molecule has 1 aliphatic heterocycles. The Kier molecular flexibility index (Phi) is 4.64. The van der Waals surface area contributed by atoms with Crippen LogP contribution in [-0.2, 0) is 4.84 Å². The molecule has 0 unspecified atom stereocenters. The lowest BCUT2D eigenvalue weighted by Crippen LogP contribution is -2.32. The van der Waals surface area contributed by atoms with E-state index in [2.05, 4.69) is 20.4 Å². The fourth-order valence-electron chi connectivity index (χ4n) is 2.27. The second kappa shape index (κ2) is 7.03. The Balaban J connectivity index is 1.55. The van der Waals surface area contributed by atoms with Crippen molar-refractivity contribution < 1.29 is 18.8 Å². The molecule has 8 heteroatoms. The molecule has 0 fully saturated rings. The molecule has 2 aromatic rings. The summed E-state index contributed by atoms with van der Waals surface area (Å²) in [6.07, 6.45) is 4.47. The summed E-state index contributed by atoms with van der Waals surface area (Å²) in [5.41, 5.74) is 1.47. The predicted molar refractivity (Wildman–Crippen MR) is 83.3 cm³/mol. The molecule has 2 heterocycles. The Morgan fingerprint density at radius 1 is 1.46 bits per heavy atom. The van der Waals surface area contributed by atoms with Crippen molar-refractivity contribution in [1.82, 2.24) is 15.3 Å². The van der Waals surface area contributed by atoms with Crippen molar-refractivity contribution in [2.45, 2.75) is 12.5 Å². The van der Waals surface area contributed by atoms with Gasteiger partial charge in [0.2, 0.25) is 0 Å². The van der Waals surface area contributed by atoms with Crippen LogP contribution in [0.2, 0.25) is 0 Å². The number of carbonyl (C=O) groups is 1. The smallest absolute Gasteiger partial charge is 0.271 e. The van der Waals surface area contributed by atoms with E-state index < -0.39 is 5.82 Å². The van der Waals surface area contributed by atoms with Crippen molar-refractivity contribution in [3.05, 3.63) is 53.9 Å². The molecule has 1 N–H and O–H groups in total. The first kappa shape index (κ1) is 15.9. The number of rotatable bonds is 5. The maximum Gasteiger partial charge on any atom is 0.271 e. The number of amides is 1. The van der Waals surface area contributed by atoms with Crippen molar-refractivity contribution in [2.24, 2.45) is 5.16 Å². The lowest BCUT2D eigenvalue weighted by molar-refractivity contribution is 0.0751. The summed E-state index contributed by atoms with van der Waals surface area (Å²) < 4.78 is 18.6. The number of oxime groups is 1. The Morgan fingerprint density at radius 2 is 2.33 bits per heavy atom. The normalized spacial score (nSPS) is 16.2. The van der Waals surface area contributed by atoms with E-state index in [0.717, 1.165) is 0 Å². The second-order valence-electron chi connectivity index (χ2n) is 5.12. The van der Waals surface area contributed by atoms with Crippen molar-refractivity contribution in [3.8, 4) is 5.75 Å². The number of methoxy groups -OCH3 is 1. The molecular weight excluding hydrogens is 315 g/mol. The number of hydrogen-bond donors (Lipinski definition) is 1. The number of hydrogen-bond acceptors (Lipinski definition) is 6. The van der Waals surface area contributed by atoms with Gasteiger partial charge < -0.3 is 14.9 Å². The fraction of sp³-hybridized carbons (Fsp3) is 0.250. The van der Waals surface area contributed by atoms with Gasteiger partial charge in [0.1, 0.15) is 11.8 Å². The van der Waals surface area contributed by atoms with Gasteiger partial charge in [0.25, 0.3) is 5.91 Å². The lowest BCUT2D eigenvalue weighted by Gasteiger charge is -2.09. The summed E-state index contributed by atoms with van der Waals surface area (Å²) in [5, 5.41) is 6.67. The molecule has 3 rings (SSSR count). The van der Waals surface area contributed by atoms with Gasteiger partial charge in [-0.2, -0.15) is 0 Å². The van der Waals surface area contributed by atoms with Gasteiger partial charge in [-0.3, -0.25) is 9.78 Å². The maximum atomic E-state index is 13.8. The Hall–Kier alpha value is -3.03. The molecule has 0 aliphatic carbocycles. The molecule has 124 valence electrons. The number of halogens is 1. The molecule has 1 aromatic heterocycles. The van der Waals surface area contributed by atoms with Gasteiger partial charge in [-0.05, 0) is 18.2 Å². The van der Waals surface area contributed by atoms with Crippen LogP contribution in [-0.4, -0.2) is 41.3 Å². The molecule has 0 spiro atoms. The highest BCUT2D eigenvalue weighted by molar-refractivity contribution is 6.01. The highest BCUT2D eigenvalue weighted by Gasteiger charge is 2.23. The molecule has 24 heavy (non-hydrogen) atoms. The molecule has 0 bridgehead atoms. The van der Waals surface area contributed by atoms with Crippen molar-refractivity contribution in [2.75, 3.05) is 13.7 Å². The molecule has 0 saturated heterocycles. The third kappa shape index (κ3) is 3.48. The van der Waals surface area contributed by atoms with E-state index in [4.69, 9.17) is 9.57 Å². The van der Waals surface area contributed by atoms with Gasteiger partial charge in [-0.15, -0.1) is 0 Å². The summed E-state index contributed by atoms with van der Waals surface area (Å²) in [4.78, 5) is 24.9. The first-order valence-corrected chi connectivity index (χ1v) is 7.28. The summed E-state index contributed by atoms with van der Waals surface area (Å²) in [7, 11) is 1.41. The van der Waals surface area contributed by atoms with Gasteiger partial charge in [-0.1, -0.05) is 5.16 Å². The van der Waals surface area contributed by atoms with Crippen molar-refractivity contribution in [3.63, 3.8) is 0 Å². The molecule has 0 saturated carbocycles. The van der Waals surface area contributed by atoms with Crippen LogP contribution in [0, 0.1) is 5.82 Å². The van der Waals surface area contributed by atoms with Gasteiger partial charge in [-0.25, -0.2) is 9.37 Å². The van der Waals surface area contributed by atoms with E-state index in [1.807, 2.05) is 0 Å². The van der Waals surface area contributed by atoms with Gasteiger partial charge >= 0.3 is 0 Å². The topological polar surface area (TPSA) is 85.7 Å². The first-order valence-electron chi connectivity index (χ1n) is 7.28. The van der Waals surface area contributed by atoms with Crippen LogP contribution in [0.4, 0.5) is 4.39 Å². The minimum absolute atomic E-state index is 0.172. The third-order valence-corrected chi connectivity index (χ3v) is 3.50. The summed E-state index contributed by atoms with van der Waals surface area (Å²) in [5.74, 6) is -0.626. The molecule has 1 aromatic carbocycles. The second-order valence-corrected chi connectivity index (χ2v) is 5.12. The third-order valence-electron chi connectivity index (χ3n) is 3.50. The molecule has 1 atom stereocenters. The van der Waals surface area contributed by atoms with Crippen LogP contribution in [0.15, 0.2) is 41.9 Å². The average Bonchev–Trinajstić information content (AvgIpc) is 3.09.